The minimum atomic E-state index is -3.72. The highest BCUT2D eigenvalue weighted by atomic mass is 35.5. The molecule has 0 saturated heterocycles. The summed E-state index contributed by atoms with van der Waals surface area (Å²) in [5.41, 5.74) is 0. The molecule has 17 heavy (non-hydrogen) atoms. The fraction of sp³-hybridized carbons (Fsp3) is 0.333. The standard InChI is InChI=1S/C9H11Cl3N2O2S/c1-13-2-3-14-17(15,16)9-7(11)4-6(10)5-8(9)12/h4-5,13-14H,2-3H2,1H3. The van der Waals surface area contributed by atoms with Crippen molar-refractivity contribution in [3.8, 4) is 0 Å². The fourth-order valence-electron chi connectivity index (χ4n) is 1.17. The highest BCUT2D eigenvalue weighted by Gasteiger charge is 2.21. The molecule has 0 aromatic heterocycles. The van der Waals surface area contributed by atoms with Gasteiger partial charge in [-0.3, -0.25) is 0 Å². The van der Waals surface area contributed by atoms with E-state index in [0.29, 0.717) is 6.54 Å². The van der Waals surface area contributed by atoms with Gasteiger partial charge >= 0.3 is 0 Å². The van der Waals surface area contributed by atoms with Crippen LogP contribution in [0, 0.1) is 0 Å². The minimum absolute atomic E-state index is 0.000502. The van der Waals surface area contributed by atoms with Gasteiger partial charge in [-0.25, -0.2) is 13.1 Å². The molecule has 0 atom stereocenters. The third-order valence-corrected chi connectivity index (χ3v) is 4.50. The van der Waals surface area contributed by atoms with Crippen molar-refractivity contribution < 1.29 is 8.42 Å². The molecule has 1 aromatic carbocycles. The highest BCUT2D eigenvalue weighted by Crippen LogP contribution is 2.32. The lowest BCUT2D eigenvalue weighted by Crippen LogP contribution is -2.30. The van der Waals surface area contributed by atoms with Crippen LogP contribution in [0.15, 0.2) is 17.0 Å². The van der Waals surface area contributed by atoms with Crippen LogP contribution < -0.4 is 10.0 Å². The van der Waals surface area contributed by atoms with Gasteiger partial charge in [0.15, 0.2) is 0 Å². The number of hydrogen-bond donors (Lipinski definition) is 2. The molecule has 0 fully saturated rings. The first kappa shape index (κ1) is 15.0. The molecular formula is C9H11Cl3N2O2S. The summed E-state index contributed by atoms with van der Waals surface area (Å²) in [6.45, 7) is 0.746. The van der Waals surface area contributed by atoms with E-state index in [0.717, 1.165) is 0 Å². The maximum atomic E-state index is 11.9. The number of nitrogens with one attached hydrogen (secondary N) is 2. The molecule has 0 radical (unpaired) electrons. The SMILES string of the molecule is CNCCNS(=O)(=O)c1c(Cl)cc(Cl)cc1Cl. The summed E-state index contributed by atoms with van der Waals surface area (Å²) in [5.74, 6) is 0. The molecule has 0 amide bonds. The average molecular weight is 318 g/mol. The van der Waals surface area contributed by atoms with Crippen LogP contribution in [0.1, 0.15) is 0 Å². The molecule has 4 nitrogen and oxygen atoms in total. The van der Waals surface area contributed by atoms with Gasteiger partial charge in [-0.05, 0) is 19.2 Å². The number of likely N-dealkylation sites (N-methyl/N-ethyl adjacent to an activating group) is 1. The van der Waals surface area contributed by atoms with Crippen LogP contribution in [-0.4, -0.2) is 28.6 Å². The predicted octanol–water partition coefficient (Wildman–Crippen LogP) is 2.14. The fourth-order valence-corrected chi connectivity index (χ4v) is 3.74. The van der Waals surface area contributed by atoms with Gasteiger partial charge in [-0.2, -0.15) is 0 Å². The molecule has 0 heterocycles. The maximum absolute atomic E-state index is 11.9. The Balaban J connectivity index is 3.07. The monoisotopic (exact) mass is 316 g/mol. The zero-order valence-corrected chi connectivity index (χ0v) is 12.0. The van der Waals surface area contributed by atoms with Crippen molar-refractivity contribution in [3.05, 3.63) is 27.2 Å². The number of halogens is 3. The number of benzene rings is 1. The lowest BCUT2D eigenvalue weighted by Gasteiger charge is -2.10. The first-order valence-corrected chi connectivity index (χ1v) is 7.29. The first-order chi connectivity index (χ1) is 7.88. The van der Waals surface area contributed by atoms with Crippen molar-refractivity contribution in [2.75, 3.05) is 20.1 Å². The maximum Gasteiger partial charge on any atom is 0.243 e. The second-order valence-electron chi connectivity index (χ2n) is 3.20. The summed E-state index contributed by atoms with van der Waals surface area (Å²) in [7, 11) is -2.00. The molecule has 2 N–H and O–H groups in total. The van der Waals surface area contributed by atoms with E-state index < -0.39 is 10.0 Å². The van der Waals surface area contributed by atoms with Crippen molar-refractivity contribution in [1.82, 2.24) is 10.0 Å². The van der Waals surface area contributed by atoms with E-state index in [2.05, 4.69) is 10.0 Å². The van der Waals surface area contributed by atoms with Crippen molar-refractivity contribution in [1.29, 1.82) is 0 Å². The van der Waals surface area contributed by atoms with E-state index >= 15 is 0 Å². The lowest BCUT2D eigenvalue weighted by atomic mass is 10.4. The van der Waals surface area contributed by atoms with E-state index in [1.807, 2.05) is 0 Å². The van der Waals surface area contributed by atoms with E-state index in [1.165, 1.54) is 12.1 Å². The molecule has 0 unspecified atom stereocenters. The Morgan fingerprint density at radius 3 is 2.12 bits per heavy atom. The van der Waals surface area contributed by atoms with E-state index in [4.69, 9.17) is 34.8 Å². The van der Waals surface area contributed by atoms with E-state index in [9.17, 15) is 8.42 Å². The molecule has 0 aliphatic carbocycles. The largest absolute Gasteiger partial charge is 0.318 e. The predicted molar refractivity (Wildman–Crippen MR) is 70.6 cm³/mol. The van der Waals surface area contributed by atoms with Crippen molar-refractivity contribution in [2.45, 2.75) is 4.90 Å². The molecule has 8 heteroatoms. The Hall–Kier alpha value is -0.0400. The Bertz CT molecular complexity index is 482. The van der Waals surface area contributed by atoms with Gasteiger partial charge in [0.05, 0.1) is 10.0 Å². The zero-order chi connectivity index (χ0) is 13.1. The average Bonchev–Trinajstić information content (AvgIpc) is 2.15. The molecule has 0 bridgehead atoms. The Morgan fingerprint density at radius 2 is 1.65 bits per heavy atom. The summed E-state index contributed by atoms with van der Waals surface area (Å²) in [6, 6.07) is 2.67. The third-order valence-electron chi connectivity index (χ3n) is 1.90. The summed E-state index contributed by atoms with van der Waals surface area (Å²) < 4.78 is 26.2. The molecule has 96 valence electrons. The molecule has 1 aromatic rings. The number of rotatable bonds is 5. The molecule has 0 aliphatic rings. The topological polar surface area (TPSA) is 58.2 Å². The zero-order valence-electron chi connectivity index (χ0n) is 8.93. The summed E-state index contributed by atoms with van der Waals surface area (Å²) in [6.07, 6.45) is 0. The second-order valence-corrected chi connectivity index (χ2v) is 6.15. The quantitative estimate of drug-likeness (QED) is 0.818. The van der Waals surface area contributed by atoms with Crippen LogP contribution in [0.5, 0.6) is 0 Å². The lowest BCUT2D eigenvalue weighted by molar-refractivity contribution is 0.579. The molecule has 1 rings (SSSR count). The Morgan fingerprint density at radius 1 is 1.12 bits per heavy atom. The Labute approximate surface area is 115 Å². The summed E-state index contributed by atoms with van der Waals surface area (Å²) >= 11 is 17.4. The van der Waals surface area contributed by atoms with Gasteiger partial charge in [0, 0.05) is 18.1 Å². The van der Waals surface area contributed by atoms with Gasteiger partial charge < -0.3 is 5.32 Å². The van der Waals surface area contributed by atoms with Crippen LogP contribution in [0.4, 0.5) is 0 Å². The van der Waals surface area contributed by atoms with Gasteiger partial charge in [-0.15, -0.1) is 0 Å². The molecule has 0 aliphatic heterocycles. The van der Waals surface area contributed by atoms with Crippen LogP contribution in [0.3, 0.4) is 0 Å². The van der Waals surface area contributed by atoms with Crippen molar-refractivity contribution in [3.63, 3.8) is 0 Å². The smallest absolute Gasteiger partial charge is 0.243 e. The molecule has 0 spiro atoms. The van der Waals surface area contributed by atoms with Crippen LogP contribution in [0.25, 0.3) is 0 Å². The van der Waals surface area contributed by atoms with E-state index in [-0.39, 0.29) is 26.5 Å². The third kappa shape index (κ3) is 3.98. The number of sulfonamides is 1. The van der Waals surface area contributed by atoms with Crippen LogP contribution in [0.2, 0.25) is 15.1 Å². The Kier molecular flexibility index (Phi) is 5.50. The molecular weight excluding hydrogens is 307 g/mol. The summed E-state index contributed by atoms with van der Waals surface area (Å²) in [4.78, 5) is -0.152. The van der Waals surface area contributed by atoms with Crippen LogP contribution >= 0.6 is 34.8 Å². The number of hydrogen-bond acceptors (Lipinski definition) is 3. The molecule has 0 saturated carbocycles. The highest BCUT2D eigenvalue weighted by molar-refractivity contribution is 7.89. The summed E-state index contributed by atoms with van der Waals surface area (Å²) in [5, 5.41) is 3.10. The van der Waals surface area contributed by atoms with Gasteiger partial charge in [-0.1, -0.05) is 34.8 Å². The normalized spacial score (nSPS) is 11.8. The minimum Gasteiger partial charge on any atom is -0.318 e. The van der Waals surface area contributed by atoms with Crippen molar-refractivity contribution >= 4 is 44.8 Å². The van der Waals surface area contributed by atoms with Gasteiger partial charge in [0.2, 0.25) is 10.0 Å². The van der Waals surface area contributed by atoms with E-state index in [1.54, 1.807) is 7.05 Å². The first-order valence-electron chi connectivity index (χ1n) is 4.67. The van der Waals surface area contributed by atoms with Crippen LogP contribution in [-0.2, 0) is 10.0 Å². The van der Waals surface area contributed by atoms with Crippen molar-refractivity contribution in [2.24, 2.45) is 0 Å². The van der Waals surface area contributed by atoms with Gasteiger partial charge in [0.1, 0.15) is 4.90 Å². The second kappa shape index (κ2) is 6.22. The van der Waals surface area contributed by atoms with Gasteiger partial charge in [0.25, 0.3) is 0 Å².